The van der Waals surface area contributed by atoms with Crippen LogP contribution in [0.3, 0.4) is 0 Å². The Hall–Kier alpha value is -3.45. The molecule has 0 N–H and O–H groups in total. The number of nitrogens with zero attached hydrogens (tertiary/aromatic N) is 1. The molecule has 3 aromatic rings. The lowest BCUT2D eigenvalue weighted by molar-refractivity contribution is 0.351. The number of aryl methyl sites for hydroxylation is 3. The van der Waals surface area contributed by atoms with Crippen molar-refractivity contribution in [3.8, 4) is 0 Å². The summed E-state index contributed by atoms with van der Waals surface area (Å²) >= 11 is 0. The molecular weight excluding hydrogens is 494 g/mol. The van der Waals surface area contributed by atoms with Crippen LogP contribution in [0.5, 0.6) is 0 Å². The van der Waals surface area contributed by atoms with Gasteiger partial charge >= 0.3 is 0 Å². The summed E-state index contributed by atoms with van der Waals surface area (Å²) in [5, 5.41) is 0. The quantitative estimate of drug-likeness (QED) is 0.188. The van der Waals surface area contributed by atoms with E-state index in [-0.39, 0.29) is 5.41 Å². The Bertz CT molecular complexity index is 1480. The van der Waals surface area contributed by atoms with Crippen LogP contribution in [-0.2, 0) is 0 Å². The summed E-state index contributed by atoms with van der Waals surface area (Å²) in [5.74, 6) is 0.865. The third-order valence-corrected chi connectivity index (χ3v) is 9.61. The first-order valence-electron chi connectivity index (χ1n) is 15.4. The van der Waals surface area contributed by atoms with Crippen molar-refractivity contribution in [1.29, 1.82) is 0 Å². The van der Waals surface area contributed by atoms with Gasteiger partial charge in [0, 0.05) is 11.6 Å². The molecule has 0 radical (unpaired) electrons. The fourth-order valence-corrected chi connectivity index (χ4v) is 6.48. The number of rotatable bonds is 9. The van der Waals surface area contributed by atoms with Crippen LogP contribution in [0.4, 0.5) is 5.69 Å². The monoisotopic (exact) mass is 543 g/mol. The molecule has 0 amide bonds. The van der Waals surface area contributed by atoms with Crippen LogP contribution in [0.25, 0.3) is 11.6 Å². The molecule has 3 unspecified atom stereocenters. The zero-order valence-electron chi connectivity index (χ0n) is 26.6. The van der Waals surface area contributed by atoms with Crippen molar-refractivity contribution in [2.75, 3.05) is 0 Å². The van der Waals surface area contributed by atoms with Gasteiger partial charge in [0.1, 0.15) is 0 Å². The maximum atomic E-state index is 5.11. The van der Waals surface area contributed by atoms with Crippen LogP contribution in [0.15, 0.2) is 90.0 Å². The molecule has 41 heavy (non-hydrogen) atoms. The van der Waals surface area contributed by atoms with Crippen LogP contribution in [0, 0.1) is 32.1 Å². The molecule has 0 aromatic heterocycles. The molecule has 3 atom stereocenters. The number of aliphatic imine (C=N–C) groups is 1. The Morgan fingerprint density at radius 3 is 2.39 bits per heavy atom. The van der Waals surface area contributed by atoms with E-state index in [4.69, 9.17) is 4.99 Å². The number of hydrogen-bond donors (Lipinski definition) is 0. The van der Waals surface area contributed by atoms with E-state index in [1.165, 1.54) is 44.5 Å². The summed E-state index contributed by atoms with van der Waals surface area (Å²) in [6, 6.07) is 22.2. The van der Waals surface area contributed by atoms with Gasteiger partial charge in [0.15, 0.2) is 0 Å². The predicted molar refractivity (Wildman–Crippen MR) is 181 cm³/mol. The second-order valence-corrected chi connectivity index (χ2v) is 12.5. The smallest absolute Gasteiger partial charge is 0.0665 e. The van der Waals surface area contributed by atoms with Crippen LogP contribution in [0.1, 0.15) is 105 Å². The van der Waals surface area contributed by atoms with Gasteiger partial charge in [0.05, 0.1) is 5.69 Å². The summed E-state index contributed by atoms with van der Waals surface area (Å²) in [4.78, 5) is 5.11. The van der Waals surface area contributed by atoms with E-state index in [9.17, 15) is 0 Å². The number of allylic oxidation sites excluding steroid dienone is 4. The Morgan fingerprint density at radius 1 is 1.02 bits per heavy atom. The zero-order chi connectivity index (χ0) is 29.7. The van der Waals surface area contributed by atoms with Crippen molar-refractivity contribution in [2.45, 2.75) is 87.0 Å². The normalized spacial score (nSPS) is 21.1. The van der Waals surface area contributed by atoms with E-state index in [1.54, 1.807) is 5.57 Å². The molecule has 0 bridgehead atoms. The van der Waals surface area contributed by atoms with E-state index in [2.05, 4.69) is 135 Å². The van der Waals surface area contributed by atoms with Crippen molar-refractivity contribution in [3.05, 3.63) is 124 Å². The third kappa shape index (κ3) is 6.72. The van der Waals surface area contributed by atoms with Crippen molar-refractivity contribution in [1.82, 2.24) is 0 Å². The van der Waals surface area contributed by atoms with Gasteiger partial charge < -0.3 is 0 Å². The maximum Gasteiger partial charge on any atom is 0.0665 e. The predicted octanol–water partition coefficient (Wildman–Crippen LogP) is 11.7. The second kappa shape index (κ2) is 13.0. The minimum atomic E-state index is 0.221. The first kappa shape index (κ1) is 30.5. The van der Waals surface area contributed by atoms with Crippen LogP contribution in [0.2, 0.25) is 0 Å². The Kier molecular flexibility index (Phi) is 9.69. The highest BCUT2D eigenvalue weighted by Crippen LogP contribution is 2.48. The average Bonchev–Trinajstić information content (AvgIpc) is 2.97. The highest BCUT2D eigenvalue weighted by molar-refractivity contribution is 6.01. The molecule has 0 aliphatic heterocycles. The molecule has 1 heteroatoms. The molecule has 4 rings (SSSR count). The van der Waals surface area contributed by atoms with Gasteiger partial charge in [-0.3, -0.25) is 4.99 Å². The first-order valence-corrected chi connectivity index (χ1v) is 15.4. The topological polar surface area (TPSA) is 12.4 Å². The molecule has 0 fully saturated rings. The Balaban J connectivity index is 1.55. The van der Waals surface area contributed by atoms with E-state index in [0.717, 1.165) is 37.1 Å². The standard InChI is InChI=1S/C40H49N/c1-10-33-19-21-34(22-20-33)36-23-24-40(9,11-2)38(31(36)7)18-14-15-27(3)35-16-12-13-17-37(35)32(8)41-39-26-29(5)28(4)25-30(39)6/h10,12-13,16-23,25-27,31H,1,11,14-15,24H2,2-9H3/b38-18-,41-32+. The number of hydrogen-bond acceptors (Lipinski definition) is 1. The molecule has 3 aromatic carbocycles. The van der Waals surface area contributed by atoms with Gasteiger partial charge in [0.25, 0.3) is 0 Å². The highest BCUT2D eigenvalue weighted by atomic mass is 14.7. The molecule has 1 aliphatic rings. The second-order valence-electron chi connectivity index (χ2n) is 12.5. The molecule has 0 saturated carbocycles. The number of benzene rings is 3. The lowest BCUT2D eigenvalue weighted by atomic mass is 9.65. The lowest BCUT2D eigenvalue weighted by Crippen LogP contribution is -2.27. The van der Waals surface area contributed by atoms with E-state index in [0.29, 0.717) is 11.8 Å². The summed E-state index contributed by atoms with van der Waals surface area (Å²) in [7, 11) is 0. The summed E-state index contributed by atoms with van der Waals surface area (Å²) in [5.41, 5.74) is 14.5. The van der Waals surface area contributed by atoms with Gasteiger partial charge in [-0.25, -0.2) is 0 Å². The van der Waals surface area contributed by atoms with E-state index >= 15 is 0 Å². The van der Waals surface area contributed by atoms with E-state index < -0.39 is 0 Å². The van der Waals surface area contributed by atoms with Crippen molar-refractivity contribution in [2.24, 2.45) is 16.3 Å². The zero-order valence-corrected chi connectivity index (χ0v) is 26.6. The SMILES string of the molecule is C=Cc1ccc(C2=CCC(C)(CC)/C(=C\CCC(C)c3ccccc3/C(C)=N/c3cc(C)c(C)cc3C)C2C)cc1. The minimum absolute atomic E-state index is 0.221. The lowest BCUT2D eigenvalue weighted by Gasteiger charge is -2.40. The van der Waals surface area contributed by atoms with Gasteiger partial charge in [-0.2, -0.15) is 0 Å². The fourth-order valence-electron chi connectivity index (χ4n) is 6.48. The largest absolute Gasteiger partial charge is 0.253 e. The van der Waals surface area contributed by atoms with Crippen LogP contribution in [-0.4, -0.2) is 5.71 Å². The van der Waals surface area contributed by atoms with Gasteiger partial charge in [-0.1, -0.05) is 113 Å². The Labute approximate surface area is 249 Å². The van der Waals surface area contributed by atoms with E-state index in [1.807, 2.05) is 6.08 Å². The third-order valence-electron chi connectivity index (χ3n) is 9.61. The molecular formula is C40H49N. The van der Waals surface area contributed by atoms with Gasteiger partial charge in [0.2, 0.25) is 0 Å². The summed E-state index contributed by atoms with van der Waals surface area (Å²) in [6.07, 6.45) is 11.5. The molecule has 1 aliphatic carbocycles. The maximum absolute atomic E-state index is 5.11. The van der Waals surface area contributed by atoms with Crippen LogP contribution < -0.4 is 0 Å². The molecule has 0 spiro atoms. The van der Waals surface area contributed by atoms with Gasteiger partial charge in [-0.15, -0.1) is 0 Å². The van der Waals surface area contributed by atoms with Crippen molar-refractivity contribution >= 4 is 23.0 Å². The average molecular weight is 544 g/mol. The van der Waals surface area contributed by atoms with Gasteiger partial charge in [-0.05, 0) is 115 Å². The summed E-state index contributed by atoms with van der Waals surface area (Å²) < 4.78 is 0. The molecule has 0 heterocycles. The fraction of sp³-hybridized carbons (Fsp3) is 0.375. The molecule has 0 saturated heterocycles. The van der Waals surface area contributed by atoms with Crippen molar-refractivity contribution < 1.29 is 0 Å². The molecule has 1 nitrogen and oxygen atoms in total. The molecule has 214 valence electrons. The summed E-state index contributed by atoms with van der Waals surface area (Å²) in [6.45, 7) is 22.2. The van der Waals surface area contributed by atoms with Crippen molar-refractivity contribution in [3.63, 3.8) is 0 Å². The first-order chi connectivity index (χ1) is 19.6. The Morgan fingerprint density at radius 2 is 1.71 bits per heavy atom. The van der Waals surface area contributed by atoms with Crippen LogP contribution >= 0.6 is 0 Å². The highest BCUT2D eigenvalue weighted by Gasteiger charge is 2.34. The minimum Gasteiger partial charge on any atom is -0.253 e.